The maximum absolute atomic E-state index is 13.9. The van der Waals surface area contributed by atoms with Crippen molar-refractivity contribution in [1.82, 2.24) is 0 Å². The minimum Gasteiger partial charge on any atom is -0.204 e. The normalized spacial score (nSPS) is 28.3. The highest BCUT2D eigenvalue weighted by Crippen LogP contribution is 2.39. The van der Waals surface area contributed by atoms with E-state index in [0.717, 1.165) is 31.7 Å². The van der Waals surface area contributed by atoms with E-state index in [-0.39, 0.29) is 16.7 Å². The van der Waals surface area contributed by atoms with Gasteiger partial charge < -0.3 is 0 Å². The second-order valence-corrected chi connectivity index (χ2v) is 6.69. The van der Waals surface area contributed by atoms with Gasteiger partial charge in [0.1, 0.15) is 0 Å². The quantitative estimate of drug-likeness (QED) is 0.403. The van der Waals surface area contributed by atoms with Gasteiger partial charge in [-0.3, -0.25) is 0 Å². The molecule has 0 aromatic heterocycles. The van der Waals surface area contributed by atoms with Crippen LogP contribution in [0.25, 0.3) is 10.8 Å². The molecule has 24 heavy (non-hydrogen) atoms. The Morgan fingerprint density at radius 1 is 1.08 bits per heavy atom. The van der Waals surface area contributed by atoms with Gasteiger partial charge in [0.05, 0.1) is 0 Å². The molecule has 3 heteroatoms. The maximum Gasteiger partial charge on any atom is 0.195 e. The Morgan fingerprint density at radius 3 is 2.67 bits per heavy atom. The highest BCUT2D eigenvalue weighted by atomic mass is 19.2. The van der Waals surface area contributed by atoms with Crippen molar-refractivity contribution in [3.8, 4) is 0 Å². The maximum atomic E-state index is 13.9. The minimum absolute atomic E-state index is 0.0343. The van der Waals surface area contributed by atoms with Crippen molar-refractivity contribution in [1.29, 1.82) is 0 Å². The van der Waals surface area contributed by atoms with Crippen molar-refractivity contribution >= 4 is 10.8 Å². The lowest BCUT2D eigenvalue weighted by Crippen LogP contribution is -2.13. The predicted molar refractivity (Wildman–Crippen MR) is 92.7 cm³/mol. The van der Waals surface area contributed by atoms with Gasteiger partial charge in [-0.05, 0) is 54.5 Å². The number of unbranched alkanes of at least 4 members (excludes halogenated alkanes) is 2. The van der Waals surface area contributed by atoms with E-state index in [0.29, 0.717) is 18.4 Å². The molecule has 0 radical (unpaired) electrons. The Bertz CT molecular complexity index is 822. The van der Waals surface area contributed by atoms with Crippen LogP contribution in [0.5, 0.6) is 0 Å². The first-order valence-electron chi connectivity index (χ1n) is 10.3. The molecule has 2 aromatic carbocycles. The molecule has 2 aromatic rings. The summed E-state index contributed by atoms with van der Waals surface area (Å²) in [6.45, 7) is 2.13. The van der Waals surface area contributed by atoms with Crippen LogP contribution in [0.3, 0.4) is 0 Å². The second kappa shape index (κ2) is 7.58. The molecule has 130 valence electrons. The lowest BCUT2D eigenvalue weighted by Gasteiger charge is -2.29. The number of halogens is 3. The highest BCUT2D eigenvalue weighted by molar-refractivity contribution is 5.84. The predicted octanol–water partition coefficient (Wildman–Crippen LogP) is 7.11. The molecule has 0 amide bonds. The van der Waals surface area contributed by atoms with Gasteiger partial charge in [-0.25, -0.2) is 13.2 Å². The smallest absolute Gasteiger partial charge is 0.195 e. The van der Waals surface area contributed by atoms with Crippen LogP contribution >= 0.6 is 0 Å². The van der Waals surface area contributed by atoms with Crippen molar-refractivity contribution in [2.45, 2.75) is 64.1 Å². The molecule has 3 atom stereocenters. The molecule has 1 aliphatic rings. The Hall–Kier alpha value is -1.51. The van der Waals surface area contributed by atoms with Crippen molar-refractivity contribution in [2.24, 2.45) is 5.92 Å². The first kappa shape index (κ1) is 13.7. The lowest BCUT2D eigenvalue weighted by atomic mass is 9.77. The van der Waals surface area contributed by atoms with Crippen LogP contribution in [-0.4, -0.2) is 0 Å². The van der Waals surface area contributed by atoms with Crippen molar-refractivity contribution in [3.05, 3.63) is 47.3 Å². The molecular weight excluding hydrogens is 309 g/mol. The highest BCUT2D eigenvalue weighted by Gasteiger charge is 2.23. The fraction of sp³-hybridized carbons (Fsp3) is 0.524. The third-order valence-electron chi connectivity index (χ3n) is 4.90. The molecule has 0 spiro atoms. The molecule has 1 aliphatic carbocycles. The number of rotatable bonds is 5. The fourth-order valence-electron chi connectivity index (χ4n) is 3.46. The topological polar surface area (TPSA) is 0 Å². The molecule has 0 aliphatic heterocycles. The zero-order valence-corrected chi connectivity index (χ0v) is 13.9. The van der Waals surface area contributed by atoms with Crippen LogP contribution in [0, 0.1) is 23.4 Å². The number of hydrogen-bond acceptors (Lipinski definition) is 0. The third-order valence-corrected chi connectivity index (χ3v) is 4.90. The summed E-state index contributed by atoms with van der Waals surface area (Å²) in [4.78, 5) is 0. The van der Waals surface area contributed by atoms with Gasteiger partial charge in [-0.2, -0.15) is 0 Å². The molecule has 0 saturated heterocycles. The van der Waals surface area contributed by atoms with E-state index in [1.165, 1.54) is 12.1 Å². The first-order chi connectivity index (χ1) is 12.7. The fourth-order valence-corrected chi connectivity index (χ4v) is 3.46. The third kappa shape index (κ3) is 3.60. The van der Waals surface area contributed by atoms with E-state index in [1.54, 1.807) is 6.07 Å². The molecule has 3 rings (SSSR count). The van der Waals surface area contributed by atoms with E-state index < -0.39 is 36.1 Å². The van der Waals surface area contributed by atoms with Crippen LogP contribution in [-0.2, 0) is 0 Å². The molecule has 1 fully saturated rings. The van der Waals surface area contributed by atoms with E-state index in [2.05, 4.69) is 6.92 Å². The molecule has 0 heterocycles. The SMILES string of the molecule is [2H]C1CC(CCCCC)CC([2H])([2H])C1c1ccc2c(F)c(F)c(F)cc2c1. The molecular formula is C21H25F3. The van der Waals surface area contributed by atoms with Gasteiger partial charge in [0, 0.05) is 9.50 Å². The largest absolute Gasteiger partial charge is 0.204 e. The molecule has 3 unspecified atom stereocenters. The Labute approximate surface area is 146 Å². The molecule has 0 bridgehead atoms. The number of hydrogen-bond donors (Lipinski definition) is 0. The molecule has 0 nitrogen and oxygen atoms in total. The van der Waals surface area contributed by atoms with E-state index >= 15 is 0 Å². The summed E-state index contributed by atoms with van der Waals surface area (Å²) in [5, 5.41) is 0.157. The van der Waals surface area contributed by atoms with E-state index in [9.17, 15) is 13.2 Å². The number of fused-ring (bicyclic) bond motifs is 1. The van der Waals surface area contributed by atoms with Crippen LogP contribution in [0.4, 0.5) is 13.2 Å². The zero-order chi connectivity index (χ0) is 19.8. The average molecular weight is 337 g/mol. The first-order valence-corrected chi connectivity index (χ1v) is 8.74. The lowest BCUT2D eigenvalue weighted by molar-refractivity contribution is 0.303. The van der Waals surface area contributed by atoms with Gasteiger partial charge >= 0.3 is 0 Å². The summed E-state index contributed by atoms with van der Waals surface area (Å²) < 4.78 is 66.5. The summed E-state index contributed by atoms with van der Waals surface area (Å²) in [5.74, 6) is -4.48. The van der Waals surface area contributed by atoms with Gasteiger partial charge in [-0.15, -0.1) is 0 Å². The van der Waals surface area contributed by atoms with Gasteiger partial charge in [0.2, 0.25) is 0 Å². The summed E-state index contributed by atoms with van der Waals surface area (Å²) >= 11 is 0. The Kier molecular flexibility index (Phi) is 4.34. The van der Waals surface area contributed by atoms with Crippen LogP contribution in [0.15, 0.2) is 24.3 Å². The van der Waals surface area contributed by atoms with Gasteiger partial charge in [-0.1, -0.05) is 50.8 Å². The standard InChI is InChI=1S/C21H25F3/c1-2-3-4-5-14-6-8-15(9-7-14)16-10-11-18-17(12-16)13-19(22)21(24)20(18)23/h10-15H,2-9H2,1H3/i8D,9D2. The van der Waals surface area contributed by atoms with E-state index in [1.807, 2.05) is 0 Å². The van der Waals surface area contributed by atoms with Crippen LogP contribution in [0.1, 0.15) is 73.8 Å². The molecule has 1 saturated carbocycles. The van der Waals surface area contributed by atoms with Crippen molar-refractivity contribution in [2.75, 3.05) is 0 Å². The summed E-state index contributed by atoms with van der Waals surface area (Å²) in [6.07, 6.45) is 3.04. The Morgan fingerprint density at radius 2 is 1.92 bits per heavy atom. The van der Waals surface area contributed by atoms with Crippen molar-refractivity contribution in [3.63, 3.8) is 0 Å². The van der Waals surface area contributed by atoms with Gasteiger partial charge in [0.15, 0.2) is 17.5 Å². The zero-order valence-electron chi connectivity index (χ0n) is 16.9. The van der Waals surface area contributed by atoms with Gasteiger partial charge in [0.25, 0.3) is 0 Å². The second-order valence-electron chi connectivity index (χ2n) is 6.69. The average Bonchev–Trinajstić information content (AvgIpc) is 2.58. The molecule has 0 N–H and O–H groups in total. The minimum atomic E-state index is -1.56. The monoisotopic (exact) mass is 337 g/mol. The Balaban J connectivity index is 1.90. The van der Waals surface area contributed by atoms with Crippen LogP contribution in [0.2, 0.25) is 0 Å². The van der Waals surface area contributed by atoms with Crippen LogP contribution < -0.4 is 0 Å². The summed E-state index contributed by atoms with van der Waals surface area (Å²) in [5.41, 5.74) is 0.546. The van der Waals surface area contributed by atoms with Crippen molar-refractivity contribution < 1.29 is 17.3 Å². The summed E-state index contributed by atoms with van der Waals surface area (Å²) in [7, 11) is 0. The van der Waals surface area contributed by atoms with E-state index in [4.69, 9.17) is 4.11 Å². The summed E-state index contributed by atoms with van der Waals surface area (Å²) in [6, 6.07) is 5.34. The number of benzene rings is 2.